The summed E-state index contributed by atoms with van der Waals surface area (Å²) in [6.07, 6.45) is 2.03. The molecule has 6 nitrogen and oxygen atoms in total. The predicted molar refractivity (Wildman–Crippen MR) is 73.4 cm³/mol. The van der Waals surface area contributed by atoms with E-state index >= 15 is 0 Å². The predicted octanol–water partition coefficient (Wildman–Crippen LogP) is 1.54. The zero-order chi connectivity index (χ0) is 15.7. The van der Waals surface area contributed by atoms with Crippen LogP contribution in [0.4, 0.5) is 4.39 Å². The third-order valence-corrected chi connectivity index (χ3v) is 8.13. The minimum atomic E-state index is -4.52. The first-order chi connectivity index (χ1) is 9.80. The molecule has 1 aliphatic rings. The Morgan fingerprint density at radius 1 is 1.10 bits per heavy atom. The number of halogens is 1. The van der Waals surface area contributed by atoms with Crippen molar-refractivity contribution in [1.29, 1.82) is 0 Å². The Balaban J connectivity index is 2.51. The summed E-state index contributed by atoms with van der Waals surface area (Å²) in [6.45, 7) is 0. The van der Waals surface area contributed by atoms with Crippen molar-refractivity contribution in [2.75, 3.05) is 0 Å². The van der Waals surface area contributed by atoms with Gasteiger partial charge in [-0.3, -0.25) is 0 Å². The lowest BCUT2D eigenvalue weighted by molar-refractivity contribution is 0.00373. The zero-order valence-electron chi connectivity index (χ0n) is 10.9. The van der Waals surface area contributed by atoms with E-state index in [2.05, 4.69) is 4.79 Å². The molecule has 0 radical (unpaired) electrons. The molecule has 0 bridgehead atoms. The van der Waals surface area contributed by atoms with Crippen LogP contribution in [0.2, 0.25) is 0 Å². The molecule has 0 amide bonds. The van der Waals surface area contributed by atoms with Crippen LogP contribution in [0.1, 0.15) is 25.7 Å². The maximum atomic E-state index is 12.8. The van der Waals surface area contributed by atoms with Gasteiger partial charge in [-0.15, -0.1) is 4.79 Å². The quantitative estimate of drug-likeness (QED) is 0.269. The Bertz CT molecular complexity index is 788. The number of hydrogen-bond donors (Lipinski definition) is 0. The van der Waals surface area contributed by atoms with Crippen molar-refractivity contribution in [1.82, 2.24) is 0 Å². The van der Waals surface area contributed by atoms with Gasteiger partial charge in [0.05, 0.1) is 10.1 Å². The first-order valence-electron chi connectivity index (χ1n) is 6.27. The third kappa shape index (κ3) is 2.90. The fourth-order valence-corrected chi connectivity index (χ4v) is 6.40. The highest BCUT2D eigenvalue weighted by atomic mass is 32.3. The van der Waals surface area contributed by atoms with Crippen molar-refractivity contribution < 1.29 is 26.0 Å². The van der Waals surface area contributed by atoms with Gasteiger partial charge < -0.3 is 5.53 Å². The van der Waals surface area contributed by atoms with E-state index in [-0.39, 0.29) is 0 Å². The summed E-state index contributed by atoms with van der Waals surface area (Å²) in [5, 5.41) is -0.862. The Morgan fingerprint density at radius 2 is 1.62 bits per heavy atom. The summed E-state index contributed by atoms with van der Waals surface area (Å²) in [7, 11) is -8.77. The number of nitrogens with zero attached hydrogens (tertiary/aromatic N) is 2. The summed E-state index contributed by atoms with van der Waals surface area (Å²) in [5.41, 5.74) is 8.93. The Hall–Kier alpha value is -1.57. The highest BCUT2D eigenvalue weighted by Gasteiger charge is 2.47. The van der Waals surface area contributed by atoms with Crippen LogP contribution in [0.15, 0.2) is 29.2 Å². The van der Waals surface area contributed by atoms with Crippen molar-refractivity contribution in [2.45, 2.75) is 35.8 Å². The molecular weight excluding hydrogens is 319 g/mol. The Kier molecular flexibility index (Phi) is 4.27. The lowest BCUT2D eigenvalue weighted by Gasteiger charge is -2.07. The topological polar surface area (TPSA) is 105 Å². The number of benzene rings is 1. The second-order valence-corrected chi connectivity index (χ2v) is 9.04. The maximum absolute atomic E-state index is 12.8. The molecule has 114 valence electrons. The molecule has 0 unspecified atom stereocenters. The molecule has 0 atom stereocenters. The second-order valence-electron chi connectivity index (χ2n) is 4.77. The van der Waals surface area contributed by atoms with E-state index in [0.29, 0.717) is 25.7 Å². The molecule has 2 rings (SSSR count). The lowest BCUT2D eigenvalue weighted by Crippen LogP contribution is -2.33. The standard InChI is InChI=1S/C12H13FN2O4S2/c13-9-5-7-11(8-6-9)21(18,19)12(15-14)20(16,17)10-3-1-2-4-10/h5-8,10H,1-4H2. The molecule has 1 aromatic carbocycles. The Morgan fingerprint density at radius 3 is 2.10 bits per heavy atom. The molecule has 1 aliphatic carbocycles. The summed E-state index contributed by atoms with van der Waals surface area (Å²) < 4.78 is 60.8. The maximum Gasteiger partial charge on any atom is 0.499 e. The third-order valence-electron chi connectivity index (χ3n) is 3.42. The zero-order valence-corrected chi connectivity index (χ0v) is 12.6. The van der Waals surface area contributed by atoms with Gasteiger partial charge in [0.15, 0.2) is 0 Å². The number of sulfone groups is 2. The SMILES string of the molecule is [N-]=[N+]=C(S(=O)(=O)c1ccc(F)cc1)S(=O)(=O)C1CCCC1. The fraction of sp³-hybridized carbons (Fsp3) is 0.417. The van der Waals surface area contributed by atoms with Crippen molar-refractivity contribution >= 4 is 24.1 Å². The van der Waals surface area contributed by atoms with Gasteiger partial charge >= 0.3 is 4.38 Å². The van der Waals surface area contributed by atoms with E-state index < -0.39 is 40.0 Å². The van der Waals surface area contributed by atoms with Gasteiger partial charge in [0.25, 0.3) is 19.7 Å². The highest BCUT2D eigenvalue weighted by Crippen LogP contribution is 2.28. The molecule has 1 saturated carbocycles. The largest absolute Gasteiger partial charge is 0.499 e. The molecule has 0 saturated heterocycles. The van der Waals surface area contributed by atoms with Gasteiger partial charge in [-0.05, 0) is 37.1 Å². The summed E-state index contributed by atoms with van der Waals surface area (Å²) in [5.74, 6) is -0.657. The molecule has 0 heterocycles. The van der Waals surface area contributed by atoms with Crippen LogP contribution >= 0.6 is 0 Å². The smallest absolute Gasteiger partial charge is 0.359 e. The summed E-state index contributed by atoms with van der Waals surface area (Å²) >= 11 is 0. The van der Waals surface area contributed by atoms with Crippen LogP contribution in [0.25, 0.3) is 5.53 Å². The monoisotopic (exact) mass is 332 g/mol. The van der Waals surface area contributed by atoms with Crippen molar-refractivity contribution in [3.05, 3.63) is 35.6 Å². The van der Waals surface area contributed by atoms with Crippen LogP contribution in [-0.2, 0) is 19.7 Å². The molecule has 0 N–H and O–H groups in total. The molecule has 1 aromatic rings. The van der Waals surface area contributed by atoms with Gasteiger partial charge in [-0.25, -0.2) is 21.2 Å². The lowest BCUT2D eigenvalue weighted by atomic mass is 10.4. The van der Waals surface area contributed by atoms with Crippen molar-refractivity contribution in [3.63, 3.8) is 0 Å². The first kappa shape index (κ1) is 15.8. The van der Waals surface area contributed by atoms with E-state index in [0.717, 1.165) is 24.3 Å². The van der Waals surface area contributed by atoms with Crippen LogP contribution in [-0.4, -0.2) is 31.3 Å². The number of rotatable bonds is 2. The van der Waals surface area contributed by atoms with E-state index in [9.17, 15) is 21.2 Å². The molecular formula is C12H13FN2O4S2. The van der Waals surface area contributed by atoms with Crippen LogP contribution in [0.3, 0.4) is 0 Å². The van der Waals surface area contributed by atoms with Crippen LogP contribution < -0.4 is 0 Å². The molecule has 21 heavy (non-hydrogen) atoms. The average molecular weight is 332 g/mol. The van der Waals surface area contributed by atoms with Gasteiger partial charge in [0, 0.05) is 0 Å². The fourth-order valence-electron chi connectivity index (χ4n) is 2.32. The molecule has 1 fully saturated rings. The van der Waals surface area contributed by atoms with Crippen molar-refractivity contribution in [3.8, 4) is 0 Å². The van der Waals surface area contributed by atoms with E-state index in [1.54, 1.807) is 0 Å². The molecule has 9 heteroatoms. The minimum Gasteiger partial charge on any atom is -0.359 e. The van der Waals surface area contributed by atoms with Gasteiger partial charge in [0.1, 0.15) is 5.82 Å². The second kappa shape index (κ2) is 5.67. The highest BCUT2D eigenvalue weighted by molar-refractivity contribution is 8.31. The normalized spacial score (nSPS) is 16.6. The van der Waals surface area contributed by atoms with Gasteiger partial charge in [0.2, 0.25) is 0 Å². The average Bonchev–Trinajstić information content (AvgIpc) is 2.93. The minimum absolute atomic E-state index is 0.334. The van der Waals surface area contributed by atoms with E-state index in [1.165, 1.54) is 0 Å². The Labute approximate surface area is 122 Å². The summed E-state index contributed by atoms with van der Waals surface area (Å²) in [4.78, 5) is 2.09. The molecule has 0 aromatic heterocycles. The van der Waals surface area contributed by atoms with Gasteiger partial charge in [-0.1, -0.05) is 12.8 Å². The van der Waals surface area contributed by atoms with E-state index in [1.807, 2.05) is 0 Å². The van der Waals surface area contributed by atoms with E-state index in [4.69, 9.17) is 5.53 Å². The van der Waals surface area contributed by atoms with Gasteiger partial charge in [-0.2, -0.15) is 0 Å². The van der Waals surface area contributed by atoms with Crippen molar-refractivity contribution in [2.24, 2.45) is 0 Å². The summed E-state index contributed by atoms with van der Waals surface area (Å²) in [6, 6.07) is 3.65. The molecule has 0 spiro atoms. The van der Waals surface area contributed by atoms with Crippen LogP contribution in [0, 0.1) is 5.82 Å². The first-order valence-corrected chi connectivity index (χ1v) is 9.29. The number of hydrogen-bond acceptors (Lipinski definition) is 4. The molecule has 0 aliphatic heterocycles. The van der Waals surface area contributed by atoms with Crippen LogP contribution in [0.5, 0.6) is 0 Å².